The van der Waals surface area contributed by atoms with Crippen LogP contribution in [-0.2, 0) is 30.8 Å². The predicted molar refractivity (Wildman–Crippen MR) is 139 cm³/mol. The van der Waals surface area contributed by atoms with Crippen LogP contribution in [0.4, 0.5) is 0 Å². The molecule has 2 heterocycles. The largest absolute Gasteiger partial charge is 0.491 e. The molecule has 1 aliphatic rings. The minimum Gasteiger partial charge on any atom is -0.491 e. The standard InChI is InChI=1S/C28H29N3O3S/c1-5-19-15-23(35(4)33)8-9-24(19)28(32)31-12-13-34-27-11-7-20(14-22(27)17-31)21-6-10-26-25(16-21)29-18(2)30(26)3/h6-11,14-16H,5,12-13,17H2,1-4H3. The van der Waals surface area contributed by atoms with Gasteiger partial charge in [0.2, 0.25) is 0 Å². The number of hydrogen-bond donors (Lipinski definition) is 0. The third-order valence-electron chi connectivity index (χ3n) is 6.79. The van der Waals surface area contributed by atoms with E-state index in [1.165, 1.54) is 0 Å². The SMILES string of the molecule is CCc1cc(S(C)=O)ccc1C(=O)N1CCOc2ccc(-c3ccc4c(c3)nc(C)n4C)cc2C1. The Morgan fingerprint density at radius 2 is 1.86 bits per heavy atom. The van der Waals surface area contributed by atoms with Gasteiger partial charge >= 0.3 is 0 Å². The van der Waals surface area contributed by atoms with Crippen LogP contribution in [0.15, 0.2) is 59.5 Å². The Balaban J connectivity index is 1.46. The molecular formula is C28H29N3O3S. The van der Waals surface area contributed by atoms with Crippen molar-refractivity contribution in [3.05, 3.63) is 77.1 Å². The first-order valence-electron chi connectivity index (χ1n) is 11.8. The number of rotatable bonds is 4. The van der Waals surface area contributed by atoms with Crippen molar-refractivity contribution in [1.29, 1.82) is 0 Å². The zero-order valence-electron chi connectivity index (χ0n) is 20.5. The number of carbonyl (C=O) groups excluding carboxylic acids is 1. The molecule has 0 bridgehead atoms. The third kappa shape index (κ3) is 4.36. The number of hydrogen-bond acceptors (Lipinski definition) is 4. The maximum absolute atomic E-state index is 13.5. The van der Waals surface area contributed by atoms with Crippen LogP contribution >= 0.6 is 0 Å². The van der Waals surface area contributed by atoms with Crippen LogP contribution in [0.3, 0.4) is 0 Å². The lowest BCUT2D eigenvalue weighted by Gasteiger charge is -2.22. The second-order valence-electron chi connectivity index (χ2n) is 8.95. The van der Waals surface area contributed by atoms with Crippen LogP contribution in [0.2, 0.25) is 0 Å². The molecule has 0 fully saturated rings. The average Bonchev–Trinajstić information content (AvgIpc) is 3.02. The quantitative estimate of drug-likeness (QED) is 0.411. The number of benzene rings is 3. The summed E-state index contributed by atoms with van der Waals surface area (Å²) in [6, 6.07) is 18.0. The highest BCUT2D eigenvalue weighted by atomic mass is 32.2. The van der Waals surface area contributed by atoms with Gasteiger partial charge < -0.3 is 14.2 Å². The molecule has 180 valence electrons. The molecule has 1 aromatic heterocycles. The molecule has 7 heteroatoms. The smallest absolute Gasteiger partial charge is 0.254 e. The first-order valence-corrected chi connectivity index (χ1v) is 13.4. The van der Waals surface area contributed by atoms with E-state index in [2.05, 4.69) is 39.9 Å². The third-order valence-corrected chi connectivity index (χ3v) is 7.70. The van der Waals surface area contributed by atoms with Crippen LogP contribution in [-0.4, -0.2) is 44.0 Å². The van der Waals surface area contributed by atoms with Crippen LogP contribution in [0.25, 0.3) is 22.2 Å². The summed E-state index contributed by atoms with van der Waals surface area (Å²) in [6.45, 7) is 5.44. The second-order valence-corrected chi connectivity index (χ2v) is 10.3. The zero-order chi connectivity index (χ0) is 24.7. The molecule has 3 aromatic carbocycles. The first-order chi connectivity index (χ1) is 16.9. The fourth-order valence-electron chi connectivity index (χ4n) is 4.67. The molecule has 4 aromatic rings. The van der Waals surface area contributed by atoms with Crippen molar-refractivity contribution in [3.63, 3.8) is 0 Å². The number of imidazole rings is 1. The molecule has 0 saturated heterocycles. The number of amides is 1. The van der Waals surface area contributed by atoms with Gasteiger partial charge in [-0.1, -0.05) is 19.1 Å². The van der Waals surface area contributed by atoms with E-state index in [1.807, 2.05) is 44.0 Å². The van der Waals surface area contributed by atoms with Gasteiger partial charge in [-0.05, 0) is 72.5 Å². The molecule has 0 N–H and O–H groups in total. The van der Waals surface area contributed by atoms with E-state index >= 15 is 0 Å². The molecule has 0 spiro atoms. The van der Waals surface area contributed by atoms with Gasteiger partial charge in [0.25, 0.3) is 5.91 Å². The van der Waals surface area contributed by atoms with Crippen molar-refractivity contribution in [2.24, 2.45) is 7.05 Å². The van der Waals surface area contributed by atoms with Crippen LogP contribution in [0.5, 0.6) is 5.75 Å². The van der Waals surface area contributed by atoms with Gasteiger partial charge in [-0.3, -0.25) is 9.00 Å². The van der Waals surface area contributed by atoms with E-state index in [-0.39, 0.29) is 5.91 Å². The molecule has 5 rings (SSSR count). The van der Waals surface area contributed by atoms with Gasteiger partial charge in [0, 0.05) is 46.7 Å². The number of aryl methyl sites for hydroxylation is 3. The summed E-state index contributed by atoms with van der Waals surface area (Å²) in [5.74, 6) is 1.76. The Kier molecular flexibility index (Phi) is 6.19. The Labute approximate surface area is 208 Å². The number of ether oxygens (including phenoxy) is 1. The fraction of sp³-hybridized carbons (Fsp3) is 0.286. The van der Waals surface area contributed by atoms with Gasteiger partial charge in [0.05, 0.1) is 17.6 Å². The minimum atomic E-state index is -1.08. The molecular weight excluding hydrogens is 458 g/mol. The molecule has 35 heavy (non-hydrogen) atoms. The maximum atomic E-state index is 13.5. The van der Waals surface area contributed by atoms with Gasteiger partial charge in [-0.2, -0.15) is 0 Å². The van der Waals surface area contributed by atoms with E-state index in [0.717, 1.165) is 49.8 Å². The first kappa shape index (κ1) is 23.3. The summed E-state index contributed by atoms with van der Waals surface area (Å²) in [5.41, 5.74) is 6.78. The summed E-state index contributed by atoms with van der Waals surface area (Å²) in [7, 11) is 0.942. The van der Waals surface area contributed by atoms with E-state index in [9.17, 15) is 9.00 Å². The van der Waals surface area contributed by atoms with Crippen molar-refractivity contribution in [3.8, 4) is 16.9 Å². The number of aromatic nitrogens is 2. The number of carbonyl (C=O) groups is 1. The van der Waals surface area contributed by atoms with Crippen molar-refractivity contribution < 1.29 is 13.7 Å². The number of nitrogens with zero attached hydrogens (tertiary/aromatic N) is 3. The van der Waals surface area contributed by atoms with Crippen molar-refractivity contribution in [2.75, 3.05) is 19.4 Å². The summed E-state index contributed by atoms with van der Waals surface area (Å²) >= 11 is 0. The molecule has 1 atom stereocenters. The molecule has 0 saturated carbocycles. The Morgan fingerprint density at radius 1 is 1.09 bits per heavy atom. The van der Waals surface area contributed by atoms with Gasteiger partial charge in [-0.15, -0.1) is 0 Å². The lowest BCUT2D eigenvalue weighted by Crippen LogP contribution is -2.33. The Hall–Kier alpha value is -3.45. The van der Waals surface area contributed by atoms with Gasteiger partial charge in [0.1, 0.15) is 18.2 Å². The van der Waals surface area contributed by atoms with E-state index in [4.69, 9.17) is 4.74 Å². The normalized spacial score (nSPS) is 14.3. The highest BCUT2D eigenvalue weighted by molar-refractivity contribution is 7.84. The highest BCUT2D eigenvalue weighted by Gasteiger charge is 2.23. The summed E-state index contributed by atoms with van der Waals surface area (Å²) in [4.78, 5) is 20.8. The van der Waals surface area contributed by atoms with Crippen molar-refractivity contribution >= 4 is 27.7 Å². The Bertz CT molecular complexity index is 1470. The molecule has 1 amide bonds. The topological polar surface area (TPSA) is 64.4 Å². The van der Waals surface area contributed by atoms with Crippen LogP contribution in [0.1, 0.15) is 34.2 Å². The van der Waals surface area contributed by atoms with Gasteiger partial charge in [-0.25, -0.2) is 4.98 Å². The molecule has 6 nitrogen and oxygen atoms in total. The molecule has 1 unspecified atom stereocenters. The lowest BCUT2D eigenvalue weighted by molar-refractivity contribution is 0.0732. The molecule has 0 radical (unpaired) electrons. The van der Waals surface area contributed by atoms with Gasteiger partial charge in [0.15, 0.2) is 0 Å². The average molecular weight is 488 g/mol. The zero-order valence-corrected chi connectivity index (χ0v) is 21.3. The van der Waals surface area contributed by atoms with Crippen molar-refractivity contribution in [1.82, 2.24) is 14.5 Å². The highest BCUT2D eigenvalue weighted by Crippen LogP contribution is 2.31. The fourth-order valence-corrected chi connectivity index (χ4v) is 5.24. The predicted octanol–water partition coefficient (Wildman–Crippen LogP) is 4.88. The monoisotopic (exact) mass is 487 g/mol. The van der Waals surface area contributed by atoms with E-state index < -0.39 is 10.8 Å². The van der Waals surface area contributed by atoms with Crippen molar-refractivity contribution in [2.45, 2.75) is 31.7 Å². The van der Waals surface area contributed by atoms with Crippen LogP contribution < -0.4 is 4.74 Å². The number of fused-ring (bicyclic) bond motifs is 2. The second kappa shape index (κ2) is 9.30. The summed E-state index contributed by atoms with van der Waals surface area (Å²) in [5, 5.41) is 0. The molecule has 0 aliphatic carbocycles. The summed E-state index contributed by atoms with van der Waals surface area (Å²) in [6.07, 6.45) is 2.36. The lowest BCUT2D eigenvalue weighted by atomic mass is 10.0. The van der Waals surface area contributed by atoms with E-state index in [0.29, 0.717) is 31.7 Å². The van der Waals surface area contributed by atoms with E-state index in [1.54, 1.807) is 12.3 Å². The summed E-state index contributed by atoms with van der Waals surface area (Å²) < 4.78 is 20.0. The molecule has 1 aliphatic heterocycles. The maximum Gasteiger partial charge on any atom is 0.254 e. The minimum absolute atomic E-state index is 0.0254. The van der Waals surface area contributed by atoms with Crippen LogP contribution in [0, 0.1) is 6.92 Å². The Morgan fingerprint density at radius 3 is 2.63 bits per heavy atom.